The number of aromatic nitrogens is 1. The molecular formula is C16H20N4. The number of anilines is 2. The van der Waals surface area contributed by atoms with Crippen LogP contribution in [-0.2, 0) is 6.42 Å². The summed E-state index contributed by atoms with van der Waals surface area (Å²) in [6.45, 7) is 3.28. The predicted octanol–water partition coefficient (Wildman–Crippen LogP) is 1.93. The van der Waals surface area contributed by atoms with Crippen LogP contribution in [-0.4, -0.2) is 30.7 Å². The highest BCUT2D eigenvalue weighted by Gasteiger charge is 2.28. The Balaban J connectivity index is 1.88. The number of nitrogens with two attached hydrogens (primary N) is 1. The lowest BCUT2D eigenvalue weighted by atomic mass is 9.94. The molecule has 1 aromatic carbocycles. The lowest BCUT2D eigenvalue weighted by Crippen LogP contribution is -2.45. The lowest BCUT2D eigenvalue weighted by molar-refractivity contribution is 0.429. The molecule has 0 radical (unpaired) electrons. The topological polar surface area (TPSA) is 54.2 Å². The van der Waals surface area contributed by atoms with Crippen molar-refractivity contribution in [2.45, 2.75) is 25.3 Å². The van der Waals surface area contributed by atoms with Gasteiger partial charge in [-0.3, -0.25) is 4.98 Å². The van der Waals surface area contributed by atoms with Crippen LogP contribution in [0.2, 0.25) is 0 Å². The van der Waals surface area contributed by atoms with Crippen molar-refractivity contribution < 1.29 is 0 Å². The fourth-order valence-electron chi connectivity index (χ4n) is 3.68. The molecule has 4 heteroatoms. The summed E-state index contributed by atoms with van der Waals surface area (Å²) < 4.78 is 0. The average molecular weight is 268 g/mol. The van der Waals surface area contributed by atoms with Crippen LogP contribution in [0.1, 0.15) is 18.4 Å². The normalized spacial score (nSPS) is 19.5. The van der Waals surface area contributed by atoms with Crippen LogP contribution < -0.4 is 16.0 Å². The summed E-state index contributed by atoms with van der Waals surface area (Å²) in [6, 6.07) is 4.74. The van der Waals surface area contributed by atoms with Gasteiger partial charge >= 0.3 is 0 Å². The minimum atomic E-state index is 0.616. The van der Waals surface area contributed by atoms with Gasteiger partial charge in [0.15, 0.2) is 0 Å². The van der Waals surface area contributed by atoms with Crippen LogP contribution in [0, 0.1) is 0 Å². The van der Waals surface area contributed by atoms with Gasteiger partial charge in [-0.1, -0.05) is 6.07 Å². The summed E-state index contributed by atoms with van der Waals surface area (Å²) in [4.78, 5) is 6.90. The van der Waals surface area contributed by atoms with Crippen LogP contribution in [0.25, 0.3) is 10.8 Å². The van der Waals surface area contributed by atoms with E-state index in [1.54, 1.807) is 0 Å². The quantitative estimate of drug-likeness (QED) is 0.776. The van der Waals surface area contributed by atoms with E-state index in [4.69, 9.17) is 5.73 Å². The average Bonchev–Trinajstić information content (AvgIpc) is 2.52. The van der Waals surface area contributed by atoms with Gasteiger partial charge in [0.2, 0.25) is 0 Å². The molecule has 4 rings (SSSR count). The van der Waals surface area contributed by atoms with E-state index in [-0.39, 0.29) is 0 Å². The Labute approximate surface area is 119 Å². The minimum Gasteiger partial charge on any atom is -0.397 e. The van der Waals surface area contributed by atoms with Crippen molar-refractivity contribution in [3.8, 4) is 0 Å². The molecule has 2 aromatic rings. The third-order valence-electron chi connectivity index (χ3n) is 4.67. The number of nitrogen functional groups attached to an aromatic ring is 1. The summed E-state index contributed by atoms with van der Waals surface area (Å²) in [5.41, 5.74) is 9.82. The van der Waals surface area contributed by atoms with E-state index in [1.165, 1.54) is 34.9 Å². The van der Waals surface area contributed by atoms with E-state index < -0.39 is 0 Å². The third kappa shape index (κ3) is 1.75. The molecule has 20 heavy (non-hydrogen) atoms. The second-order valence-corrected chi connectivity index (χ2v) is 5.82. The fourth-order valence-corrected chi connectivity index (χ4v) is 3.68. The smallest absolute Gasteiger partial charge is 0.0686 e. The molecule has 1 fully saturated rings. The highest BCUT2D eigenvalue weighted by Crippen LogP contribution is 2.40. The number of nitrogens with one attached hydrogen (secondary N) is 1. The molecule has 0 amide bonds. The zero-order valence-corrected chi connectivity index (χ0v) is 11.6. The van der Waals surface area contributed by atoms with E-state index in [9.17, 15) is 0 Å². The zero-order chi connectivity index (χ0) is 13.5. The van der Waals surface area contributed by atoms with Crippen molar-refractivity contribution >= 4 is 22.1 Å². The van der Waals surface area contributed by atoms with Crippen molar-refractivity contribution in [1.29, 1.82) is 0 Å². The van der Waals surface area contributed by atoms with Crippen molar-refractivity contribution in [3.63, 3.8) is 0 Å². The predicted molar refractivity (Wildman–Crippen MR) is 83.1 cm³/mol. The molecule has 2 aliphatic heterocycles. The monoisotopic (exact) mass is 268 g/mol. The highest BCUT2D eigenvalue weighted by atomic mass is 15.2. The third-order valence-corrected chi connectivity index (χ3v) is 4.67. The summed E-state index contributed by atoms with van der Waals surface area (Å²) in [6.07, 6.45) is 7.44. The number of benzene rings is 1. The number of piperidine rings is 1. The van der Waals surface area contributed by atoms with Crippen molar-refractivity contribution in [2.24, 2.45) is 0 Å². The maximum atomic E-state index is 6.32. The Kier molecular flexibility index (Phi) is 2.77. The van der Waals surface area contributed by atoms with E-state index in [2.05, 4.69) is 21.3 Å². The van der Waals surface area contributed by atoms with Gasteiger partial charge in [0, 0.05) is 35.8 Å². The second kappa shape index (κ2) is 4.63. The lowest BCUT2D eigenvalue weighted by Gasteiger charge is -2.40. The number of pyridine rings is 1. The summed E-state index contributed by atoms with van der Waals surface area (Å²) in [5, 5.41) is 5.98. The Morgan fingerprint density at radius 2 is 2.05 bits per heavy atom. The Morgan fingerprint density at radius 1 is 1.20 bits per heavy atom. The molecule has 104 valence electrons. The molecule has 3 heterocycles. The highest BCUT2D eigenvalue weighted by molar-refractivity contribution is 6.02. The number of nitrogens with zero attached hydrogens (tertiary/aromatic N) is 2. The summed E-state index contributed by atoms with van der Waals surface area (Å²) >= 11 is 0. The molecule has 1 saturated heterocycles. The molecule has 0 aliphatic carbocycles. The van der Waals surface area contributed by atoms with Crippen molar-refractivity contribution in [1.82, 2.24) is 10.3 Å². The number of rotatable bonds is 1. The Bertz CT molecular complexity index is 646. The second-order valence-electron chi connectivity index (χ2n) is 5.82. The number of hydrogen-bond acceptors (Lipinski definition) is 4. The van der Waals surface area contributed by atoms with Crippen LogP contribution in [0.3, 0.4) is 0 Å². The zero-order valence-electron chi connectivity index (χ0n) is 11.6. The van der Waals surface area contributed by atoms with Crippen LogP contribution in [0.5, 0.6) is 0 Å². The van der Waals surface area contributed by atoms with Gasteiger partial charge in [0.05, 0.1) is 11.4 Å². The first kappa shape index (κ1) is 12.0. The maximum Gasteiger partial charge on any atom is 0.0686 e. The number of hydrogen-bond donors (Lipinski definition) is 2. The minimum absolute atomic E-state index is 0.616. The molecule has 0 bridgehead atoms. The van der Waals surface area contributed by atoms with Crippen molar-refractivity contribution in [2.75, 3.05) is 30.3 Å². The molecule has 0 saturated carbocycles. The molecule has 2 aliphatic rings. The fraction of sp³-hybridized carbons (Fsp3) is 0.438. The van der Waals surface area contributed by atoms with E-state index in [0.717, 1.165) is 31.7 Å². The van der Waals surface area contributed by atoms with Crippen molar-refractivity contribution in [3.05, 3.63) is 30.1 Å². The van der Waals surface area contributed by atoms with E-state index in [1.807, 2.05) is 18.5 Å². The molecule has 3 N–H and O–H groups in total. The molecule has 0 unspecified atom stereocenters. The van der Waals surface area contributed by atoms with Gasteiger partial charge in [0.1, 0.15) is 0 Å². The van der Waals surface area contributed by atoms with Crippen LogP contribution in [0.15, 0.2) is 24.5 Å². The molecule has 0 atom stereocenters. The SMILES string of the molecule is Nc1ccc2cncc3c2c1N(C1CCNCC1)CC3. The maximum absolute atomic E-state index is 6.32. The molecule has 0 spiro atoms. The van der Waals surface area contributed by atoms with Gasteiger partial charge in [-0.05, 0) is 44.0 Å². The Morgan fingerprint density at radius 3 is 2.90 bits per heavy atom. The Hall–Kier alpha value is -1.81. The van der Waals surface area contributed by atoms with Gasteiger partial charge in [0.25, 0.3) is 0 Å². The summed E-state index contributed by atoms with van der Waals surface area (Å²) in [5.74, 6) is 0. The first-order valence-corrected chi connectivity index (χ1v) is 7.47. The molecule has 1 aromatic heterocycles. The van der Waals surface area contributed by atoms with Gasteiger partial charge < -0.3 is 16.0 Å². The van der Waals surface area contributed by atoms with Crippen LogP contribution >= 0.6 is 0 Å². The van der Waals surface area contributed by atoms with Gasteiger partial charge in [-0.25, -0.2) is 0 Å². The first-order chi connectivity index (χ1) is 9.84. The molecular weight excluding hydrogens is 248 g/mol. The first-order valence-electron chi connectivity index (χ1n) is 7.47. The summed E-state index contributed by atoms with van der Waals surface area (Å²) in [7, 11) is 0. The standard InChI is InChI=1S/C16H20N4/c17-14-2-1-11-9-19-10-12-5-8-20(16(14)15(11)12)13-3-6-18-7-4-13/h1-2,9-10,13,18H,3-8,17H2. The van der Waals surface area contributed by atoms with E-state index in [0.29, 0.717) is 6.04 Å². The van der Waals surface area contributed by atoms with E-state index >= 15 is 0 Å². The largest absolute Gasteiger partial charge is 0.397 e. The molecule has 4 nitrogen and oxygen atoms in total. The van der Waals surface area contributed by atoms with Gasteiger partial charge in [-0.15, -0.1) is 0 Å². The van der Waals surface area contributed by atoms with Crippen LogP contribution in [0.4, 0.5) is 11.4 Å². The van der Waals surface area contributed by atoms with Gasteiger partial charge in [-0.2, -0.15) is 0 Å².